The van der Waals surface area contributed by atoms with Gasteiger partial charge < -0.3 is 9.42 Å². The van der Waals surface area contributed by atoms with Crippen LogP contribution in [-0.2, 0) is 12.6 Å². The second kappa shape index (κ2) is 9.64. The van der Waals surface area contributed by atoms with Crippen LogP contribution < -0.4 is 4.90 Å². The van der Waals surface area contributed by atoms with Crippen LogP contribution in [0.5, 0.6) is 0 Å². The minimum Gasteiger partial charge on any atom is -0.353 e. The summed E-state index contributed by atoms with van der Waals surface area (Å²) < 4.78 is 57.4. The van der Waals surface area contributed by atoms with E-state index in [0.29, 0.717) is 48.2 Å². The van der Waals surface area contributed by atoms with Gasteiger partial charge in [0.2, 0.25) is 11.7 Å². The van der Waals surface area contributed by atoms with Gasteiger partial charge in [-0.1, -0.05) is 28.9 Å². The molecule has 0 amide bonds. The molecule has 3 heterocycles. The first-order valence-electron chi connectivity index (χ1n) is 10.5. The van der Waals surface area contributed by atoms with Gasteiger partial charge in [-0.05, 0) is 37.6 Å². The highest BCUT2D eigenvalue weighted by Crippen LogP contribution is 2.33. The summed E-state index contributed by atoms with van der Waals surface area (Å²) in [5.74, 6) is 0.907. The van der Waals surface area contributed by atoms with E-state index < -0.39 is 11.7 Å². The number of halogens is 5. The quantitative estimate of drug-likeness (QED) is 0.460. The van der Waals surface area contributed by atoms with Crippen LogP contribution in [0, 0.1) is 12.7 Å². The Hall–Kier alpha value is -2.72. The molecule has 1 fully saturated rings. The lowest BCUT2D eigenvalue weighted by Gasteiger charge is -2.35. The number of piperazine rings is 1. The van der Waals surface area contributed by atoms with E-state index in [1.54, 1.807) is 19.1 Å². The lowest BCUT2D eigenvalue weighted by atomic mass is 10.1. The third-order valence-electron chi connectivity index (χ3n) is 5.58. The number of pyridine rings is 1. The predicted octanol–water partition coefficient (Wildman–Crippen LogP) is 5.01. The summed E-state index contributed by atoms with van der Waals surface area (Å²) in [6, 6.07) is 5.74. The highest BCUT2D eigenvalue weighted by atomic mass is 35.5. The fourth-order valence-electron chi connectivity index (χ4n) is 3.66. The van der Waals surface area contributed by atoms with Crippen molar-refractivity contribution in [3.63, 3.8) is 0 Å². The van der Waals surface area contributed by atoms with Crippen LogP contribution in [0.4, 0.5) is 23.4 Å². The zero-order chi connectivity index (χ0) is 23.6. The van der Waals surface area contributed by atoms with E-state index in [4.69, 9.17) is 16.1 Å². The highest BCUT2D eigenvalue weighted by molar-refractivity contribution is 6.33. The number of anilines is 1. The van der Waals surface area contributed by atoms with Gasteiger partial charge in [0.25, 0.3) is 0 Å². The Morgan fingerprint density at radius 2 is 1.88 bits per heavy atom. The van der Waals surface area contributed by atoms with E-state index in [1.807, 2.05) is 4.90 Å². The third-order valence-corrected chi connectivity index (χ3v) is 5.86. The van der Waals surface area contributed by atoms with Crippen molar-refractivity contribution in [1.82, 2.24) is 20.0 Å². The molecule has 4 rings (SSSR count). The van der Waals surface area contributed by atoms with Gasteiger partial charge in [0.1, 0.15) is 11.6 Å². The molecule has 176 valence electrons. The van der Waals surface area contributed by atoms with Gasteiger partial charge in [0.15, 0.2) is 0 Å². The molecule has 33 heavy (non-hydrogen) atoms. The van der Waals surface area contributed by atoms with E-state index in [-0.39, 0.29) is 10.8 Å². The molecule has 0 aliphatic carbocycles. The van der Waals surface area contributed by atoms with Gasteiger partial charge in [-0.2, -0.15) is 18.2 Å². The molecule has 0 unspecified atom stereocenters. The predicted molar refractivity (Wildman–Crippen MR) is 116 cm³/mol. The molecule has 1 aliphatic rings. The maximum Gasteiger partial charge on any atom is 0.417 e. The smallest absolute Gasteiger partial charge is 0.353 e. The van der Waals surface area contributed by atoms with Crippen LogP contribution in [0.2, 0.25) is 5.02 Å². The van der Waals surface area contributed by atoms with Gasteiger partial charge in [0.05, 0.1) is 10.6 Å². The van der Waals surface area contributed by atoms with Gasteiger partial charge in [0, 0.05) is 44.4 Å². The maximum absolute atomic E-state index is 13.8. The van der Waals surface area contributed by atoms with Crippen LogP contribution in [0.1, 0.15) is 23.4 Å². The number of aromatic nitrogens is 3. The van der Waals surface area contributed by atoms with Gasteiger partial charge in [-0.25, -0.2) is 9.37 Å². The molecule has 0 atom stereocenters. The summed E-state index contributed by atoms with van der Waals surface area (Å²) in [5.41, 5.74) is 0.269. The molecular weight excluding hydrogens is 462 g/mol. The minimum atomic E-state index is -4.47. The molecule has 1 aliphatic heterocycles. The van der Waals surface area contributed by atoms with E-state index in [0.717, 1.165) is 38.3 Å². The summed E-state index contributed by atoms with van der Waals surface area (Å²) in [7, 11) is 0. The number of nitrogens with zero attached hydrogens (tertiary/aromatic N) is 5. The number of alkyl halides is 3. The van der Waals surface area contributed by atoms with Gasteiger partial charge in [-0.3, -0.25) is 4.90 Å². The molecule has 0 saturated carbocycles. The molecule has 2 aromatic heterocycles. The number of aryl methyl sites for hydroxylation is 2. The zero-order valence-corrected chi connectivity index (χ0v) is 18.6. The first-order valence-corrected chi connectivity index (χ1v) is 10.9. The highest BCUT2D eigenvalue weighted by Gasteiger charge is 2.32. The van der Waals surface area contributed by atoms with Crippen LogP contribution in [-0.4, -0.2) is 52.7 Å². The third kappa shape index (κ3) is 5.62. The lowest BCUT2D eigenvalue weighted by Crippen LogP contribution is -2.47. The van der Waals surface area contributed by atoms with Crippen molar-refractivity contribution in [2.75, 3.05) is 37.6 Å². The fourth-order valence-corrected chi connectivity index (χ4v) is 3.95. The Balaban J connectivity index is 1.25. The van der Waals surface area contributed by atoms with Crippen molar-refractivity contribution < 1.29 is 22.1 Å². The zero-order valence-electron chi connectivity index (χ0n) is 17.9. The number of hydrogen-bond donors (Lipinski definition) is 0. The summed E-state index contributed by atoms with van der Waals surface area (Å²) in [5, 5.41) is 3.93. The Kier molecular flexibility index (Phi) is 6.85. The van der Waals surface area contributed by atoms with E-state index in [2.05, 4.69) is 20.0 Å². The molecule has 0 spiro atoms. The van der Waals surface area contributed by atoms with Gasteiger partial charge in [-0.15, -0.1) is 0 Å². The number of benzene rings is 1. The molecule has 11 heteroatoms. The van der Waals surface area contributed by atoms with Crippen molar-refractivity contribution in [2.24, 2.45) is 0 Å². The van der Waals surface area contributed by atoms with E-state index in [1.165, 1.54) is 6.07 Å². The van der Waals surface area contributed by atoms with Crippen molar-refractivity contribution >= 4 is 17.4 Å². The SMILES string of the molecule is Cc1ccc(-c2noc(CCCN3CCN(c4ncc(C(F)(F)F)cc4Cl)CC3)n2)cc1F. The van der Waals surface area contributed by atoms with Crippen molar-refractivity contribution in [3.8, 4) is 11.4 Å². The molecular formula is C22H22ClF4N5O. The maximum atomic E-state index is 13.8. The topological polar surface area (TPSA) is 58.3 Å². The van der Waals surface area contributed by atoms with Crippen LogP contribution in [0.25, 0.3) is 11.4 Å². The Morgan fingerprint density at radius 1 is 1.12 bits per heavy atom. The van der Waals surface area contributed by atoms with Crippen LogP contribution in [0.3, 0.4) is 0 Å². The first-order chi connectivity index (χ1) is 15.7. The largest absolute Gasteiger partial charge is 0.417 e. The monoisotopic (exact) mass is 483 g/mol. The molecule has 1 saturated heterocycles. The van der Waals surface area contributed by atoms with E-state index >= 15 is 0 Å². The Labute approximate surface area is 193 Å². The van der Waals surface area contributed by atoms with Crippen molar-refractivity contribution in [3.05, 3.63) is 58.3 Å². The van der Waals surface area contributed by atoms with Crippen molar-refractivity contribution in [2.45, 2.75) is 25.9 Å². The normalized spacial score (nSPS) is 15.3. The number of hydrogen-bond acceptors (Lipinski definition) is 6. The number of rotatable bonds is 6. The average Bonchev–Trinajstić information content (AvgIpc) is 3.24. The molecule has 0 bridgehead atoms. The van der Waals surface area contributed by atoms with E-state index in [9.17, 15) is 17.6 Å². The van der Waals surface area contributed by atoms with Crippen LogP contribution in [0.15, 0.2) is 35.0 Å². The fraction of sp³-hybridized carbons (Fsp3) is 0.409. The average molecular weight is 484 g/mol. The van der Waals surface area contributed by atoms with Crippen LogP contribution >= 0.6 is 11.6 Å². The summed E-state index contributed by atoms with van der Waals surface area (Å²) >= 11 is 6.06. The summed E-state index contributed by atoms with van der Waals surface area (Å²) in [6.07, 6.45) is -2.27. The Bertz CT molecular complexity index is 1110. The molecule has 0 N–H and O–H groups in total. The second-order valence-electron chi connectivity index (χ2n) is 7.94. The standard InChI is InChI=1S/C22H22ClF4N5O/c1-14-4-5-15(11-18(14)24)20-29-19(33-30-20)3-2-6-31-7-9-32(10-8-31)21-17(23)12-16(13-28-21)22(25,26)27/h4-5,11-13H,2-3,6-10H2,1H3. The molecule has 0 radical (unpaired) electrons. The molecule has 6 nitrogen and oxygen atoms in total. The summed E-state index contributed by atoms with van der Waals surface area (Å²) in [6.45, 7) is 5.19. The lowest BCUT2D eigenvalue weighted by molar-refractivity contribution is -0.137. The summed E-state index contributed by atoms with van der Waals surface area (Å²) in [4.78, 5) is 12.4. The minimum absolute atomic E-state index is 0.000990. The van der Waals surface area contributed by atoms with Gasteiger partial charge >= 0.3 is 6.18 Å². The molecule has 1 aromatic carbocycles. The second-order valence-corrected chi connectivity index (χ2v) is 8.34. The first kappa shape index (κ1) is 23.4. The van der Waals surface area contributed by atoms with Crippen molar-refractivity contribution in [1.29, 1.82) is 0 Å². The Morgan fingerprint density at radius 3 is 2.55 bits per heavy atom. The molecule has 3 aromatic rings.